The van der Waals surface area contributed by atoms with E-state index in [0.29, 0.717) is 24.2 Å². The molecule has 3 aliphatic rings. The summed E-state index contributed by atoms with van der Waals surface area (Å²) in [5.74, 6) is 1.81. The topological polar surface area (TPSA) is 95.5 Å². The number of ether oxygens (including phenoxy) is 2. The SMILES string of the molecule is COc1cccc(OCCn2cccc2/C=C2\C(=N)N3N=C(N4CCC(C)CC4)SC3=NC2=O)c1. The van der Waals surface area contributed by atoms with E-state index in [1.165, 1.54) is 16.8 Å². The quantitative estimate of drug-likeness (QED) is 0.615. The molecular weight excluding hydrogens is 464 g/mol. The molecule has 0 atom stereocenters. The second-order valence-electron chi connectivity index (χ2n) is 8.73. The Hall–Kier alpha value is -3.53. The molecule has 0 bridgehead atoms. The van der Waals surface area contributed by atoms with Gasteiger partial charge in [0.15, 0.2) is 11.0 Å². The first-order chi connectivity index (χ1) is 17.0. The molecule has 0 radical (unpaired) electrons. The number of carbonyl (C=O) groups excluding carboxylic acids is 1. The summed E-state index contributed by atoms with van der Waals surface area (Å²) >= 11 is 1.37. The van der Waals surface area contributed by atoms with Crippen LogP contribution in [0.4, 0.5) is 0 Å². The lowest BCUT2D eigenvalue weighted by molar-refractivity contribution is -0.114. The maximum Gasteiger partial charge on any atom is 0.283 e. The molecule has 0 aliphatic carbocycles. The van der Waals surface area contributed by atoms with E-state index in [2.05, 4.69) is 21.9 Å². The molecule has 4 heterocycles. The zero-order valence-electron chi connectivity index (χ0n) is 19.8. The van der Waals surface area contributed by atoms with Crippen LogP contribution in [0.5, 0.6) is 11.5 Å². The Morgan fingerprint density at radius 3 is 2.77 bits per heavy atom. The molecule has 3 aliphatic heterocycles. The summed E-state index contributed by atoms with van der Waals surface area (Å²) in [5, 5.41) is 16.0. The van der Waals surface area contributed by atoms with E-state index < -0.39 is 5.91 Å². The second-order valence-corrected chi connectivity index (χ2v) is 9.66. The third kappa shape index (κ3) is 4.97. The van der Waals surface area contributed by atoms with Crippen LogP contribution in [0.2, 0.25) is 0 Å². The Bertz CT molecular complexity index is 1230. The lowest BCUT2D eigenvalue weighted by Crippen LogP contribution is -2.36. The van der Waals surface area contributed by atoms with Crippen LogP contribution in [0, 0.1) is 11.3 Å². The third-order valence-corrected chi connectivity index (χ3v) is 7.27. The summed E-state index contributed by atoms with van der Waals surface area (Å²) in [6, 6.07) is 11.3. The minimum Gasteiger partial charge on any atom is -0.497 e. The van der Waals surface area contributed by atoms with Gasteiger partial charge in [-0.25, -0.2) is 0 Å². The van der Waals surface area contributed by atoms with Gasteiger partial charge in [-0.1, -0.05) is 13.0 Å². The fourth-order valence-corrected chi connectivity index (χ4v) is 5.12. The maximum absolute atomic E-state index is 12.8. The average molecular weight is 493 g/mol. The molecule has 5 rings (SSSR count). The molecular formula is C25H28N6O3S. The monoisotopic (exact) mass is 492 g/mol. The highest BCUT2D eigenvalue weighted by molar-refractivity contribution is 8.26. The predicted molar refractivity (Wildman–Crippen MR) is 138 cm³/mol. The van der Waals surface area contributed by atoms with Crippen molar-refractivity contribution >= 4 is 39.9 Å². The Labute approximate surface area is 208 Å². The van der Waals surface area contributed by atoms with E-state index in [0.717, 1.165) is 48.3 Å². The number of nitrogens with one attached hydrogen (secondary N) is 1. The number of thioether (sulfide) groups is 1. The standard InChI is InChI=1S/C25H28N6O3S/c1-17-8-11-30(12-9-17)25-28-31-22(26)21(23(32)27-24(31)35-25)15-18-5-4-10-29(18)13-14-34-20-7-3-6-19(16-20)33-2/h3-7,10,15-17,26H,8-9,11-14H2,1-2H3/b21-15+,26-22?. The van der Waals surface area contributed by atoms with E-state index in [-0.39, 0.29) is 11.4 Å². The van der Waals surface area contributed by atoms with E-state index in [4.69, 9.17) is 14.9 Å². The molecule has 0 spiro atoms. The van der Waals surface area contributed by atoms with Gasteiger partial charge < -0.3 is 18.9 Å². The second kappa shape index (κ2) is 9.99. The summed E-state index contributed by atoms with van der Waals surface area (Å²) in [4.78, 5) is 19.3. The van der Waals surface area contributed by atoms with Crippen molar-refractivity contribution in [1.29, 1.82) is 5.41 Å². The molecule has 0 unspecified atom stereocenters. The molecule has 0 saturated carbocycles. The maximum atomic E-state index is 12.8. The van der Waals surface area contributed by atoms with Crippen molar-refractivity contribution in [3.05, 3.63) is 53.9 Å². The number of hydrazone groups is 1. The Morgan fingerprint density at radius 2 is 1.97 bits per heavy atom. The third-order valence-electron chi connectivity index (χ3n) is 6.30. The number of aromatic nitrogens is 1. The van der Waals surface area contributed by atoms with Crippen molar-refractivity contribution in [2.24, 2.45) is 16.0 Å². The van der Waals surface area contributed by atoms with Crippen LogP contribution in [0.3, 0.4) is 0 Å². The highest BCUT2D eigenvalue weighted by Gasteiger charge is 2.37. The first kappa shape index (κ1) is 23.2. The highest BCUT2D eigenvalue weighted by Crippen LogP contribution is 2.31. The lowest BCUT2D eigenvalue weighted by atomic mass is 10.00. The molecule has 35 heavy (non-hydrogen) atoms. The van der Waals surface area contributed by atoms with Crippen molar-refractivity contribution in [3.63, 3.8) is 0 Å². The number of likely N-dealkylation sites (tertiary alicyclic amines) is 1. The molecule has 9 nitrogen and oxygen atoms in total. The Morgan fingerprint density at radius 1 is 1.17 bits per heavy atom. The van der Waals surface area contributed by atoms with Gasteiger partial charge in [0.25, 0.3) is 5.91 Å². The van der Waals surface area contributed by atoms with Crippen molar-refractivity contribution < 1.29 is 14.3 Å². The van der Waals surface area contributed by atoms with Gasteiger partial charge in [0.1, 0.15) is 18.1 Å². The van der Waals surface area contributed by atoms with Crippen molar-refractivity contribution in [2.75, 3.05) is 26.8 Å². The van der Waals surface area contributed by atoms with E-state index in [1.807, 2.05) is 47.2 Å². The van der Waals surface area contributed by atoms with E-state index in [9.17, 15) is 4.79 Å². The zero-order chi connectivity index (χ0) is 24.4. The first-order valence-electron chi connectivity index (χ1n) is 11.7. The Kier molecular flexibility index (Phi) is 6.63. The van der Waals surface area contributed by atoms with E-state index in [1.54, 1.807) is 13.2 Å². The number of benzene rings is 1. The number of carbonyl (C=O) groups is 1. The minimum absolute atomic E-state index is 0.0493. The zero-order valence-corrected chi connectivity index (χ0v) is 20.6. The van der Waals surface area contributed by atoms with Crippen LogP contribution in [0.25, 0.3) is 6.08 Å². The van der Waals surface area contributed by atoms with Crippen LogP contribution in [-0.4, -0.2) is 63.4 Å². The number of amides is 1. The van der Waals surface area contributed by atoms with Gasteiger partial charge in [-0.05, 0) is 60.9 Å². The van der Waals surface area contributed by atoms with Crippen LogP contribution in [0.1, 0.15) is 25.5 Å². The number of aliphatic imine (C=N–C) groups is 1. The summed E-state index contributed by atoms with van der Waals surface area (Å²) in [6.45, 7) is 5.15. The molecule has 10 heteroatoms. The van der Waals surface area contributed by atoms with Crippen molar-refractivity contribution in [1.82, 2.24) is 14.5 Å². The first-order valence-corrected chi connectivity index (χ1v) is 12.5. The average Bonchev–Trinajstić information content (AvgIpc) is 3.49. The summed E-state index contributed by atoms with van der Waals surface area (Å²) in [6.07, 6.45) is 5.86. The molecule has 1 aromatic carbocycles. The largest absolute Gasteiger partial charge is 0.497 e. The number of amidine groups is 3. The van der Waals surface area contributed by atoms with Crippen LogP contribution in [0.15, 0.2) is 58.3 Å². The van der Waals surface area contributed by atoms with E-state index >= 15 is 0 Å². The molecule has 2 aromatic rings. The number of hydrogen-bond donors (Lipinski definition) is 1. The number of piperidine rings is 1. The molecule has 1 amide bonds. The lowest BCUT2D eigenvalue weighted by Gasteiger charge is -2.30. The van der Waals surface area contributed by atoms with Gasteiger partial charge in [-0.15, -0.1) is 5.10 Å². The van der Waals surface area contributed by atoms with Crippen LogP contribution in [-0.2, 0) is 11.3 Å². The number of methoxy groups -OCH3 is 1. The normalized spacial score (nSPS) is 19.7. The predicted octanol–water partition coefficient (Wildman–Crippen LogP) is 3.88. The van der Waals surface area contributed by atoms with Gasteiger partial charge in [0, 0.05) is 31.0 Å². The number of fused-ring (bicyclic) bond motifs is 1. The van der Waals surface area contributed by atoms with Crippen molar-refractivity contribution in [2.45, 2.75) is 26.3 Å². The molecule has 1 aromatic heterocycles. The molecule has 1 fully saturated rings. The summed E-state index contributed by atoms with van der Waals surface area (Å²) < 4.78 is 13.1. The molecule has 182 valence electrons. The van der Waals surface area contributed by atoms with Crippen molar-refractivity contribution in [3.8, 4) is 11.5 Å². The Balaban J connectivity index is 1.28. The number of rotatable bonds is 6. The van der Waals surface area contributed by atoms with Gasteiger partial charge in [-0.2, -0.15) is 10.0 Å². The highest BCUT2D eigenvalue weighted by atomic mass is 32.2. The number of hydrogen-bond acceptors (Lipinski definition) is 7. The summed E-state index contributed by atoms with van der Waals surface area (Å²) in [7, 11) is 1.62. The minimum atomic E-state index is -0.419. The van der Waals surface area contributed by atoms with Crippen LogP contribution < -0.4 is 9.47 Å². The smallest absolute Gasteiger partial charge is 0.283 e. The summed E-state index contributed by atoms with van der Waals surface area (Å²) in [5.41, 5.74) is 1.02. The van der Waals surface area contributed by atoms with Gasteiger partial charge in [-0.3, -0.25) is 10.2 Å². The fourth-order valence-electron chi connectivity index (χ4n) is 4.17. The van der Waals surface area contributed by atoms with Crippen LogP contribution >= 0.6 is 11.8 Å². The fraction of sp³-hybridized carbons (Fsp3) is 0.360. The van der Waals surface area contributed by atoms with Gasteiger partial charge >= 0.3 is 0 Å². The number of nitrogens with zero attached hydrogens (tertiary/aromatic N) is 5. The molecule has 1 N–H and O–H groups in total. The molecule has 1 saturated heterocycles. The van der Waals surface area contributed by atoms with Gasteiger partial charge in [0.2, 0.25) is 5.17 Å². The van der Waals surface area contributed by atoms with Gasteiger partial charge in [0.05, 0.1) is 19.2 Å².